The minimum Gasteiger partial charge on any atom is -0.465 e. The molecular formula is C15H28O2. The minimum absolute atomic E-state index is 0.00622. The third kappa shape index (κ3) is 8.23. The molecule has 0 saturated carbocycles. The Bertz CT molecular complexity index is 201. The van der Waals surface area contributed by atoms with Crippen molar-refractivity contribution in [2.24, 2.45) is 5.92 Å². The maximum atomic E-state index is 11.4. The van der Waals surface area contributed by atoms with Gasteiger partial charge in [0.2, 0.25) is 0 Å². The molecule has 17 heavy (non-hydrogen) atoms. The summed E-state index contributed by atoms with van der Waals surface area (Å²) in [5, 5.41) is 0. The van der Waals surface area contributed by atoms with E-state index in [1.165, 1.54) is 57.8 Å². The number of hydrogen-bond acceptors (Lipinski definition) is 2. The monoisotopic (exact) mass is 240 g/mol. The lowest BCUT2D eigenvalue weighted by molar-refractivity contribution is -0.145. The second-order valence-corrected chi connectivity index (χ2v) is 5.51. The molecule has 1 rings (SSSR count). The SMILES string of the molecule is CC1CCCCCCCCCCCC(=O)OC1. The molecule has 1 atom stereocenters. The van der Waals surface area contributed by atoms with Gasteiger partial charge in [0, 0.05) is 6.42 Å². The molecule has 0 aromatic carbocycles. The van der Waals surface area contributed by atoms with Crippen LogP contribution in [0.15, 0.2) is 0 Å². The Morgan fingerprint density at radius 3 is 2.06 bits per heavy atom. The summed E-state index contributed by atoms with van der Waals surface area (Å²) in [6.45, 7) is 2.81. The standard InChI is InChI=1S/C15H28O2/c1-14-11-9-7-5-3-2-4-6-8-10-12-15(16)17-13-14/h14H,2-13H2,1H3. The number of esters is 1. The molecule has 2 nitrogen and oxygen atoms in total. The van der Waals surface area contributed by atoms with E-state index >= 15 is 0 Å². The van der Waals surface area contributed by atoms with Gasteiger partial charge in [-0.3, -0.25) is 4.79 Å². The van der Waals surface area contributed by atoms with Crippen LogP contribution in [0.3, 0.4) is 0 Å². The minimum atomic E-state index is 0.00622. The molecule has 0 aromatic rings. The van der Waals surface area contributed by atoms with Gasteiger partial charge in [-0.15, -0.1) is 0 Å². The summed E-state index contributed by atoms with van der Waals surface area (Å²) in [6.07, 6.45) is 13.4. The van der Waals surface area contributed by atoms with Crippen LogP contribution in [0.1, 0.15) is 77.6 Å². The van der Waals surface area contributed by atoms with Gasteiger partial charge >= 0.3 is 5.97 Å². The van der Waals surface area contributed by atoms with Crippen LogP contribution in [0.25, 0.3) is 0 Å². The third-order valence-corrected chi connectivity index (χ3v) is 3.61. The summed E-state index contributed by atoms with van der Waals surface area (Å²) in [5.41, 5.74) is 0. The highest BCUT2D eigenvalue weighted by Gasteiger charge is 2.07. The van der Waals surface area contributed by atoms with E-state index in [-0.39, 0.29) is 5.97 Å². The van der Waals surface area contributed by atoms with Gasteiger partial charge in [-0.05, 0) is 18.8 Å². The summed E-state index contributed by atoms with van der Waals surface area (Å²) in [5.74, 6) is 0.538. The van der Waals surface area contributed by atoms with Crippen molar-refractivity contribution in [2.75, 3.05) is 6.61 Å². The topological polar surface area (TPSA) is 26.3 Å². The maximum Gasteiger partial charge on any atom is 0.305 e. The zero-order chi connectivity index (χ0) is 12.3. The van der Waals surface area contributed by atoms with Crippen molar-refractivity contribution in [3.05, 3.63) is 0 Å². The summed E-state index contributed by atoms with van der Waals surface area (Å²) < 4.78 is 5.29. The number of ether oxygens (including phenoxy) is 1. The Morgan fingerprint density at radius 1 is 0.882 bits per heavy atom. The maximum absolute atomic E-state index is 11.4. The zero-order valence-electron chi connectivity index (χ0n) is 11.4. The lowest BCUT2D eigenvalue weighted by Gasteiger charge is -2.11. The van der Waals surface area contributed by atoms with Crippen molar-refractivity contribution in [1.29, 1.82) is 0 Å². The van der Waals surface area contributed by atoms with Gasteiger partial charge in [-0.2, -0.15) is 0 Å². The Labute approximate surface area is 106 Å². The first-order chi connectivity index (χ1) is 8.29. The molecule has 0 amide bonds. The van der Waals surface area contributed by atoms with Gasteiger partial charge in [0.25, 0.3) is 0 Å². The lowest BCUT2D eigenvalue weighted by atomic mass is 10.0. The van der Waals surface area contributed by atoms with Crippen LogP contribution < -0.4 is 0 Å². The summed E-state index contributed by atoms with van der Waals surface area (Å²) >= 11 is 0. The van der Waals surface area contributed by atoms with E-state index in [9.17, 15) is 4.79 Å². The van der Waals surface area contributed by atoms with Crippen LogP contribution in [0.4, 0.5) is 0 Å². The molecule has 1 aliphatic heterocycles. The molecule has 0 bridgehead atoms. The van der Waals surface area contributed by atoms with Crippen molar-refractivity contribution >= 4 is 5.97 Å². The Balaban J connectivity index is 2.23. The van der Waals surface area contributed by atoms with E-state index in [1.807, 2.05) is 0 Å². The van der Waals surface area contributed by atoms with Crippen molar-refractivity contribution in [2.45, 2.75) is 77.6 Å². The summed E-state index contributed by atoms with van der Waals surface area (Å²) in [6, 6.07) is 0. The predicted octanol–water partition coefficient (Wildman–Crippen LogP) is 4.47. The zero-order valence-corrected chi connectivity index (χ0v) is 11.4. The molecule has 1 heterocycles. The van der Waals surface area contributed by atoms with E-state index in [1.54, 1.807) is 0 Å². The van der Waals surface area contributed by atoms with Gasteiger partial charge < -0.3 is 4.74 Å². The van der Waals surface area contributed by atoms with Gasteiger partial charge in [0.15, 0.2) is 0 Å². The molecule has 0 aromatic heterocycles. The van der Waals surface area contributed by atoms with Crippen molar-refractivity contribution in [1.82, 2.24) is 0 Å². The van der Waals surface area contributed by atoms with Crippen LogP contribution in [0.2, 0.25) is 0 Å². The normalized spacial score (nSPS) is 26.6. The van der Waals surface area contributed by atoms with Crippen LogP contribution in [0.5, 0.6) is 0 Å². The highest BCUT2D eigenvalue weighted by Crippen LogP contribution is 2.15. The molecule has 1 fully saturated rings. The van der Waals surface area contributed by atoms with Crippen LogP contribution in [0, 0.1) is 5.92 Å². The van der Waals surface area contributed by atoms with Crippen LogP contribution in [-0.2, 0) is 9.53 Å². The lowest BCUT2D eigenvalue weighted by Crippen LogP contribution is -2.11. The second-order valence-electron chi connectivity index (χ2n) is 5.51. The van der Waals surface area contributed by atoms with Crippen molar-refractivity contribution in [3.8, 4) is 0 Å². The van der Waals surface area contributed by atoms with Gasteiger partial charge in [0.1, 0.15) is 0 Å². The fraction of sp³-hybridized carbons (Fsp3) is 0.933. The number of cyclic esters (lactones) is 1. The van der Waals surface area contributed by atoms with Crippen molar-refractivity contribution < 1.29 is 9.53 Å². The van der Waals surface area contributed by atoms with Gasteiger partial charge in [0.05, 0.1) is 6.61 Å². The average Bonchev–Trinajstić information content (AvgIpc) is 2.33. The molecule has 0 spiro atoms. The third-order valence-electron chi connectivity index (χ3n) is 3.61. The molecular weight excluding hydrogens is 212 g/mol. The first-order valence-corrected chi connectivity index (χ1v) is 7.44. The quantitative estimate of drug-likeness (QED) is 0.584. The van der Waals surface area contributed by atoms with Gasteiger partial charge in [-0.25, -0.2) is 0 Å². The number of hydrogen-bond donors (Lipinski definition) is 0. The van der Waals surface area contributed by atoms with Crippen molar-refractivity contribution in [3.63, 3.8) is 0 Å². The molecule has 0 N–H and O–H groups in total. The Kier molecular flexibility index (Phi) is 8.12. The highest BCUT2D eigenvalue weighted by atomic mass is 16.5. The Morgan fingerprint density at radius 2 is 1.41 bits per heavy atom. The smallest absolute Gasteiger partial charge is 0.305 e. The van der Waals surface area contributed by atoms with E-state index in [0.29, 0.717) is 18.9 Å². The fourth-order valence-corrected chi connectivity index (χ4v) is 2.39. The molecule has 2 heteroatoms. The molecule has 0 radical (unpaired) electrons. The van der Waals surface area contributed by atoms with E-state index in [4.69, 9.17) is 4.74 Å². The average molecular weight is 240 g/mol. The fourth-order valence-electron chi connectivity index (χ4n) is 2.39. The first-order valence-electron chi connectivity index (χ1n) is 7.44. The van der Waals surface area contributed by atoms with E-state index < -0.39 is 0 Å². The molecule has 0 aliphatic carbocycles. The molecule has 1 saturated heterocycles. The van der Waals surface area contributed by atoms with Gasteiger partial charge in [-0.1, -0.05) is 58.3 Å². The number of rotatable bonds is 0. The molecule has 1 unspecified atom stereocenters. The van der Waals surface area contributed by atoms with Crippen LogP contribution >= 0.6 is 0 Å². The molecule has 1 aliphatic rings. The second kappa shape index (κ2) is 9.49. The highest BCUT2D eigenvalue weighted by molar-refractivity contribution is 5.69. The first kappa shape index (κ1) is 14.5. The number of carbonyl (C=O) groups excluding carboxylic acids is 1. The Hall–Kier alpha value is -0.530. The van der Waals surface area contributed by atoms with E-state index in [0.717, 1.165) is 6.42 Å². The predicted molar refractivity (Wildman–Crippen MR) is 70.9 cm³/mol. The van der Waals surface area contributed by atoms with Crippen LogP contribution in [-0.4, -0.2) is 12.6 Å². The molecule has 100 valence electrons. The summed E-state index contributed by atoms with van der Waals surface area (Å²) in [7, 11) is 0. The van der Waals surface area contributed by atoms with E-state index in [2.05, 4.69) is 6.92 Å². The largest absolute Gasteiger partial charge is 0.465 e. The summed E-state index contributed by atoms with van der Waals surface area (Å²) in [4.78, 5) is 11.4. The number of carbonyl (C=O) groups is 1.